The quantitative estimate of drug-likeness (QED) is 0.167. The lowest BCUT2D eigenvalue weighted by Crippen LogP contribution is -2.10. The minimum Gasteiger partial charge on any atom is -0.307 e. The van der Waals surface area contributed by atoms with Crippen LogP contribution >= 0.6 is 0 Å². The Balaban J connectivity index is 1.27. The molecule has 0 atom stereocenters. The van der Waals surface area contributed by atoms with Gasteiger partial charge in [0.05, 0.1) is 61.6 Å². The predicted octanol–water partition coefficient (Wildman–Crippen LogP) is 15.4. The van der Waals surface area contributed by atoms with Gasteiger partial charge in [0.25, 0.3) is 0 Å². The molecule has 0 saturated heterocycles. The molecule has 13 aromatic rings. The predicted molar refractivity (Wildman–Crippen MR) is 271 cm³/mol. The maximum atomic E-state index is 5.47. The van der Waals surface area contributed by atoms with Gasteiger partial charge in [-0.1, -0.05) is 157 Å². The Morgan fingerprint density at radius 3 is 1.11 bits per heavy atom. The van der Waals surface area contributed by atoms with Gasteiger partial charge in [-0.3, -0.25) is 0 Å². The summed E-state index contributed by atoms with van der Waals surface area (Å²) in [6, 6.07) is 76.7. The van der Waals surface area contributed by atoms with Gasteiger partial charge in [-0.2, -0.15) is 0 Å². The summed E-state index contributed by atoms with van der Waals surface area (Å²) >= 11 is 0. The van der Waals surface area contributed by atoms with Crippen molar-refractivity contribution in [2.24, 2.45) is 0 Å². The normalized spacial score (nSPS) is 11.8. The molecule has 0 aliphatic heterocycles. The molecule has 0 spiro atoms. The van der Waals surface area contributed by atoms with Gasteiger partial charge in [-0.25, -0.2) is 9.97 Å². The van der Waals surface area contributed by atoms with E-state index >= 15 is 0 Å². The molecule has 0 aliphatic rings. The summed E-state index contributed by atoms with van der Waals surface area (Å²) in [5.74, 6) is 0.677. The minimum absolute atomic E-state index is 0.677. The molecular formula is C60H41N5. The monoisotopic (exact) mass is 831 g/mol. The highest BCUT2D eigenvalue weighted by Gasteiger charge is 2.27. The van der Waals surface area contributed by atoms with Crippen molar-refractivity contribution in [1.82, 2.24) is 23.7 Å². The van der Waals surface area contributed by atoms with E-state index < -0.39 is 0 Å². The first-order chi connectivity index (χ1) is 32.1. The van der Waals surface area contributed by atoms with E-state index in [4.69, 9.17) is 9.97 Å². The standard InChI is InChI=1S/C60H41N5/c1-38-29-31-55-47(33-38)48-34-39(2)30-32-56(48)65(55)59-57(63-51-25-13-9-21-43(51)44-22-10-14-26-52(44)63)35-42(36-58(59)64-53-27-15-11-23-45(53)46-24-12-16-28-54(46)64)50-37-49(40-17-5-3-6-18-40)61-60(62-50)41-19-7-4-8-20-41/h3-37H,1-2H3. The molecule has 0 aliphatic carbocycles. The molecule has 13 rings (SSSR count). The summed E-state index contributed by atoms with van der Waals surface area (Å²) in [6.45, 7) is 4.38. The highest BCUT2D eigenvalue weighted by molar-refractivity contribution is 6.14. The molecule has 0 bridgehead atoms. The number of rotatable bonds is 6. The molecule has 0 fully saturated rings. The zero-order valence-corrected chi connectivity index (χ0v) is 35.9. The average Bonchev–Trinajstić information content (AvgIpc) is 3.99. The van der Waals surface area contributed by atoms with Crippen molar-refractivity contribution in [2.75, 3.05) is 0 Å². The molecule has 4 aromatic heterocycles. The van der Waals surface area contributed by atoms with Crippen molar-refractivity contribution >= 4 is 65.4 Å². The van der Waals surface area contributed by atoms with Crippen LogP contribution in [0, 0.1) is 13.8 Å². The molecule has 0 radical (unpaired) electrons. The first kappa shape index (κ1) is 37.1. The van der Waals surface area contributed by atoms with Crippen LogP contribution in [0.2, 0.25) is 0 Å². The second-order valence-electron chi connectivity index (χ2n) is 17.2. The van der Waals surface area contributed by atoms with E-state index in [1.165, 1.54) is 43.4 Å². The lowest BCUT2D eigenvalue weighted by atomic mass is 10.0. The molecular weight excluding hydrogens is 791 g/mol. The number of hydrogen-bond acceptors (Lipinski definition) is 2. The Kier molecular flexibility index (Phi) is 8.27. The van der Waals surface area contributed by atoms with Crippen molar-refractivity contribution in [1.29, 1.82) is 0 Å². The number of benzene rings is 9. The van der Waals surface area contributed by atoms with Crippen molar-refractivity contribution in [3.05, 3.63) is 223 Å². The lowest BCUT2D eigenvalue weighted by Gasteiger charge is -2.24. The van der Waals surface area contributed by atoms with Crippen LogP contribution in [0.5, 0.6) is 0 Å². The van der Waals surface area contributed by atoms with Crippen LogP contribution in [-0.2, 0) is 0 Å². The number of fused-ring (bicyclic) bond motifs is 9. The topological polar surface area (TPSA) is 40.6 Å². The van der Waals surface area contributed by atoms with Gasteiger partial charge >= 0.3 is 0 Å². The minimum atomic E-state index is 0.677. The largest absolute Gasteiger partial charge is 0.307 e. The Morgan fingerprint density at radius 1 is 0.292 bits per heavy atom. The van der Waals surface area contributed by atoms with Crippen molar-refractivity contribution in [2.45, 2.75) is 13.8 Å². The SMILES string of the molecule is Cc1ccc2c(c1)c1cc(C)ccc1n2-c1c(-n2c3ccccc3c3ccccc32)cc(-c2cc(-c3ccccc3)nc(-c3ccccc3)n2)cc1-n1c2ccccc2c2ccccc21. The Morgan fingerprint density at radius 2 is 0.662 bits per heavy atom. The summed E-state index contributed by atoms with van der Waals surface area (Å²) in [7, 11) is 0. The second kappa shape index (κ2) is 14.5. The summed E-state index contributed by atoms with van der Waals surface area (Å²) in [6.07, 6.45) is 0. The van der Waals surface area contributed by atoms with Crippen LogP contribution in [0.25, 0.3) is 116 Å². The van der Waals surface area contributed by atoms with Crippen molar-refractivity contribution < 1.29 is 0 Å². The Bertz CT molecular complexity index is 3660. The van der Waals surface area contributed by atoms with Gasteiger partial charge in [0.15, 0.2) is 5.82 Å². The molecule has 5 nitrogen and oxygen atoms in total. The van der Waals surface area contributed by atoms with E-state index in [1.807, 2.05) is 6.07 Å². The van der Waals surface area contributed by atoms with Crippen LogP contribution in [-0.4, -0.2) is 23.7 Å². The van der Waals surface area contributed by atoms with Crippen LogP contribution < -0.4 is 0 Å². The average molecular weight is 832 g/mol. The second-order valence-corrected chi connectivity index (χ2v) is 17.2. The first-order valence-corrected chi connectivity index (χ1v) is 22.2. The third-order valence-electron chi connectivity index (χ3n) is 13.1. The number of para-hydroxylation sites is 4. The van der Waals surface area contributed by atoms with Gasteiger partial charge in [0.1, 0.15) is 0 Å². The third-order valence-corrected chi connectivity index (χ3v) is 13.1. The zero-order chi connectivity index (χ0) is 43.2. The maximum absolute atomic E-state index is 5.47. The van der Waals surface area contributed by atoms with Gasteiger partial charge in [0.2, 0.25) is 0 Å². The van der Waals surface area contributed by atoms with E-state index in [9.17, 15) is 0 Å². The molecule has 306 valence electrons. The van der Waals surface area contributed by atoms with Crippen molar-refractivity contribution in [3.63, 3.8) is 0 Å². The summed E-state index contributed by atoms with van der Waals surface area (Å²) in [5, 5.41) is 7.25. The first-order valence-electron chi connectivity index (χ1n) is 22.2. The third kappa shape index (κ3) is 5.79. The van der Waals surface area contributed by atoms with E-state index in [2.05, 4.69) is 234 Å². The summed E-state index contributed by atoms with van der Waals surface area (Å²) in [4.78, 5) is 10.7. The molecule has 0 unspecified atom stereocenters. The Labute approximate surface area is 375 Å². The van der Waals surface area contributed by atoms with Crippen LogP contribution in [0.4, 0.5) is 0 Å². The summed E-state index contributed by atoms with van der Waals surface area (Å²) < 4.78 is 7.49. The van der Waals surface area contributed by atoms with Crippen molar-refractivity contribution in [3.8, 4) is 51.0 Å². The fourth-order valence-corrected chi connectivity index (χ4v) is 10.2. The Hall–Kier alpha value is -8.54. The molecule has 5 heteroatoms. The van der Waals surface area contributed by atoms with E-state index in [0.717, 1.165) is 78.2 Å². The molecule has 0 saturated carbocycles. The van der Waals surface area contributed by atoms with Crippen LogP contribution in [0.3, 0.4) is 0 Å². The highest BCUT2D eigenvalue weighted by Crippen LogP contribution is 2.45. The molecule has 0 amide bonds. The fraction of sp³-hybridized carbons (Fsp3) is 0.0333. The molecule has 65 heavy (non-hydrogen) atoms. The number of hydrogen-bond donors (Lipinski definition) is 0. The smallest absolute Gasteiger partial charge is 0.160 e. The highest BCUT2D eigenvalue weighted by atomic mass is 15.1. The van der Waals surface area contributed by atoms with Crippen LogP contribution in [0.1, 0.15) is 11.1 Å². The van der Waals surface area contributed by atoms with E-state index in [-0.39, 0.29) is 0 Å². The van der Waals surface area contributed by atoms with Crippen LogP contribution in [0.15, 0.2) is 212 Å². The molecule has 9 aromatic carbocycles. The fourth-order valence-electron chi connectivity index (χ4n) is 10.2. The zero-order valence-electron chi connectivity index (χ0n) is 35.9. The number of aromatic nitrogens is 5. The maximum Gasteiger partial charge on any atom is 0.160 e. The summed E-state index contributed by atoms with van der Waals surface area (Å²) in [5.41, 5.74) is 17.1. The number of nitrogens with zero attached hydrogens (tertiary/aromatic N) is 5. The number of aryl methyl sites for hydroxylation is 2. The van der Waals surface area contributed by atoms with Gasteiger partial charge in [-0.05, 0) is 80.6 Å². The lowest BCUT2D eigenvalue weighted by molar-refractivity contribution is 1.05. The van der Waals surface area contributed by atoms with E-state index in [0.29, 0.717) is 5.82 Å². The molecule has 4 heterocycles. The van der Waals surface area contributed by atoms with Gasteiger partial charge in [-0.15, -0.1) is 0 Å². The van der Waals surface area contributed by atoms with Gasteiger partial charge in [0, 0.05) is 49.0 Å². The molecule has 0 N–H and O–H groups in total. The van der Waals surface area contributed by atoms with E-state index in [1.54, 1.807) is 0 Å². The van der Waals surface area contributed by atoms with Gasteiger partial charge < -0.3 is 13.7 Å².